The topological polar surface area (TPSA) is 50.9 Å². The van der Waals surface area contributed by atoms with E-state index in [1.54, 1.807) is 6.07 Å². The molecule has 20 heavy (non-hydrogen) atoms. The summed E-state index contributed by atoms with van der Waals surface area (Å²) in [6.45, 7) is 1.87. The van der Waals surface area contributed by atoms with Gasteiger partial charge in [0.25, 0.3) is 0 Å². The summed E-state index contributed by atoms with van der Waals surface area (Å²) in [5.41, 5.74) is 6.57. The standard InChI is InChI=1S/C14H14F3N3/c1-9(11-4-2-3-5-12(11)18)20-13-7-6-10(8-19-13)14(15,16)17/h2-9H,18H2,1H3,(H,19,20). The first-order valence-corrected chi connectivity index (χ1v) is 6.02. The Hall–Kier alpha value is -2.24. The molecular weight excluding hydrogens is 267 g/mol. The molecule has 1 aromatic heterocycles. The molecule has 1 aromatic carbocycles. The minimum atomic E-state index is -4.37. The monoisotopic (exact) mass is 281 g/mol. The number of nitrogens with zero attached hydrogens (tertiary/aromatic N) is 1. The Morgan fingerprint density at radius 1 is 1.15 bits per heavy atom. The first-order valence-electron chi connectivity index (χ1n) is 6.02. The third kappa shape index (κ3) is 3.20. The number of rotatable bonds is 3. The summed E-state index contributed by atoms with van der Waals surface area (Å²) in [6.07, 6.45) is -3.57. The summed E-state index contributed by atoms with van der Waals surface area (Å²) in [4.78, 5) is 3.77. The molecule has 0 saturated carbocycles. The van der Waals surface area contributed by atoms with Crippen molar-refractivity contribution < 1.29 is 13.2 Å². The number of anilines is 2. The Morgan fingerprint density at radius 2 is 1.85 bits per heavy atom. The molecule has 0 bridgehead atoms. The highest BCUT2D eigenvalue weighted by atomic mass is 19.4. The summed E-state index contributed by atoms with van der Waals surface area (Å²) in [5.74, 6) is 0.369. The van der Waals surface area contributed by atoms with E-state index in [0.29, 0.717) is 11.5 Å². The maximum Gasteiger partial charge on any atom is 0.417 e. The van der Waals surface area contributed by atoms with Crippen LogP contribution in [0.4, 0.5) is 24.7 Å². The minimum absolute atomic E-state index is 0.152. The van der Waals surface area contributed by atoms with Gasteiger partial charge in [-0.25, -0.2) is 4.98 Å². The molecule has 106 valence electrons. The second kappa shape index (κ2) is 5.40. The quantitative estimate of drug-likeness (QED) is 0.840. The van der Waals surface area contributed by atoms with Crippen molar-refractivity contribution in [1.29, 1.82) is 0 Å². The SMILES string of the molecule is CC(Nc1ccc(C(F)(F)F)cn1)c1ccccc1N. The van der Waals surface area contributed by atoms with Crippen LogP contribution in [0, 0.1) is 0 Å². The first kappa shape index (κ1) is 14.2. The number of para-hydroxylation sites is 1. The van der Waals surface area contributed by atoms with Gasteiger partial charge in [-0.1, -0.05) is 18.2 Å². The van der Waals surface area contributed by atoms with E-state index in [1.165, 1.54) is 6.07 Å². The second-order valence-electron chi connectivity index (χ2n) is 4.42. The van der Waals surface area contributed by atoms with Gasteiger partial charge in [0.15, 0.2) is 0 Å². The van der Waals surface area contributed by atoms with Gasteiger partial charge in [0, 0.05) is 11.9 Å². The summed E-state index contributed by atoms with van der Waals surface area (Å²) in [7, 11) is 0. The zero-order chi connectivity index (χ0) is 14.8. The Morgan fingerprint density at radius 3 is 2.40 bits per heavy atom. The number of hydrogen-bond acceptors (Lipinski definition) is 3. The van der Waals surface area contributed by atoms with Gasteiger partial charge >= 0.3 is 6.18 Å². The average Bonchev–Trinajstić information content (AvgIpc) is 2.38. The van der Waals surface area contributed by atoms with Crippen molar-refractivity contribution >= 4 is 11.5 Å². The van der Waals surface area contributed by atoms with E-state index >= 15 is 0 Å². The number of aromatic nitrogens is 1. The Labute approximate surface area is 114 Å². The summed E-state index contributed by atoms with van der Waals surface area (Å²) >= 11 is 0. The van der Waals surface area contributed by atoms with E-state index in [4.69, 9.17) is 5.73 Å². The molecular formula is C14H14F3N3. The summed E-state index contributed by atoms with van der Waals surface area (Å²) in [5, 5.41) is 3.02. The molecule has 0 aliphatic heterocycles. The van der Waals surface area contributed by atoms with Crippen molar-refractivity contribution in [1.82, 2.24) is 4.98 Å². The molecule has 0 spiro atoms. The van der Waals surface area contributed by atoms with Crippen LogP contribution < -0.4 is 11.1 Å². The van der Waals surface area contributed by atoms with Crippen molar-refractivity contribution in [2.45, 2.75) is 19.1 Å². The minimum Gasteiger partial charge on any atom is -0.398 e. The zero-order valence-corrected chi connectivity index (χ0v) is 10.8. The molecule has 0 amide bonds. The molecule has 0 fully saturated rings. The van der Waals surface area contributed by atoms with E-state index in [0.717, 1.165) is 17.8 Å². The fourth-order valence-corrected chi connectivity index (χ4v) is 1.85. The second-order valence-corrected chi connectivity index (χ2v) is 4.42. The fourth-order valence-electron chi connectivity index (χ4n) is 1.85. The Bertz CT molecular complexity index is 579. The molecule has 2 rings (SSSR count). The van der Waals surface area contributed by atoms with E-state index in [2.05, 4.69) is 10.3 Å². The molecule has 3 N–H and O–H groups in total. The highest BCUT2D eigenvalue weighted by molar-refractivity contribution is 5.51. The lowest BCUT2D eigenvalue weighted by molar-refractivity contribution is -0.137. The van der Waals surface area contributed by atoms with Gasteiger partial charge in [-0.2, -0.15) is 13.2 Å². The molecule has 0 saturated heterocycles. The third-order valence-electron chi connectivity index (χ3n) is 2.92. The maximum absolute atomic E-state index is 12.4. The van der Waals surface area contributed by atoms with Crippen LogP contribution in [0.3, 0.4) is 0 Å². The van der Waals surface area contributed by atoms with E-state index < -0.39 is 11.7 Å². The van der Waals surface area contributed by atoms with E-state index in [1.807, 2.05) is 25.1 Å². The fraction of sp³-hybridized carbons (Fsp3) is 0.214. The highest BCUT2D eigenvalue weighted by Crippen LogP contribution is 2.29. The highest BCUT2D eigenvalue weighted by Gasteiger charge is 2.30. The number of pyridine rings is 1. The third-order valence-corrected chi connectivity index (χ3v) is 2.92. The average molecular weight is 281 g/mol. The molecule has 1 unspecified atom stereocenters. The van der Waals surface area contributed by atoms with Crippen LogP contribution in [0.15, 0.2) is 42.6 Å². The largest absolute Gasteiger partial charge is 0.417 e. The lowest BCUT2D eigenvalue weighted by Gasteiger charge is -2.17. The van der Waals surface area contributed by atoms with Crippen molar-refractivity contribution in [2.24, 2.45) is 0 Å². The number of hydrogen-bond donors (Lipinski definition) is 2. The molecule has 0 aliphatic carbocycles. The normalized spacial score (nSPS) is 13.0. The van der Waals surface area contributed by atoms with Crippen molar-refractivity contribution in [3.05, 3.63) is 53.7 Å². The van der Waals surface area contributed by atoms with Gasteiger partial charge < -0.3 is 11.1 Å². The molecule has 2 aromatic rings. The van der Waals surface area contributed by atoms with Gasteiger partial charge in [-0.3, -0.25) is 0 Å². The summed E-state index contributed by atoms with van der Waals surface area (Å²) in [6, 6.07) is 9.45. The molecule has 1 atom stereocenters. The number of halogens is 3. The molecule has 0 radical (unpaired) electrons. The van der Waals surface area contributed by atoms with E-state index in [9.17, 15) is 13.2 Å². The summed E-state index contributed by atoms with van der Waals surface area (Å²) < 4.78 is 37.3. The number of benzene rings is 1. The Balaban J connectivity index is 2.13. The number of nitrogen functional groups attached to an aromatic ring is 1. The van der Waals surface area contributed by atoms with Gasteiger partial charge in [0.05, 0.1) is 11.6 Å². The number of alkyl halides is 3. The van der Waals surface area contributed by atoms with Crippen LogP contribution in [-0.2, 0) is 6.18 Å². The van der Waals surface area contributed by atoms with Crippen LogP contribution in [0.1, 0.15) is 24.1 Å². The Kier molecular flexibility index (Phi) is 3.83. The smallest absolute Gasteiger partial charge is 0.398 e. The molecule has 6 heteroatoms. The maximum atomic E-state index is 12.4. The van der Waals surface area contributed by atoms with Crippen LogP contribution in [-0.4, -0.2) is 4.98 Å². The van der Waals surface area contributed by atoms with Gasteiger partial charge in [0.2, 0.25) is 0 Å². The van der Waals surface area contributed by atoms with E-state index in [-0.39, 0.29) is 6.04 Å². The molecule has 0 aliphatic rings. The lowest BCUT2D eigenvalue weighted by atomic mass is 10.1. The lowest BCUT2D eigenvalue weighted by Crippen LogP contribution is -2.11. The van der Waals surface area contributed by atoms with Crippen molar-refractivity contribution in [3.8, 4) is 0 Å². The van der Waals surface area contributed by atoms with Crippen molar-refractivity contribution in [3.63, 3.8) is 0 Å². The van der Waals surface area contributed by atoms with Crippen LogP contribution in [0.5, 0.6) is 0 Å². The van der Waals surface area contributed by atoms with Crippen LogP contribution in [0.25, 0.3) is 0 Å². The predicted octanol–water partition coefficient (Wildman–Crippen LogP) is 3.86. The zero-order valence-electron chi connectivity index (χ0n) is 10.8. The van der Waals surface area contributed by atoms with Gasteiger partial charge in [0.1, 0.15) is 5.82 Å². The van der Waals surface area contributed by atoms with Crippen LogP contribution in [0.2, 0.25) is 0 Å². The molecule has 1 heterocycles. The van der Waals surface area contributed by atoms with Crippen molar-refractivity contribution in [2.75, 3.05) is 11.1 Å². The molecule has 3 nitrogen and oxygen atoms in total. The van der Waals surface area contributed by atoms with Gasteiger partial charge in [-0.05, 0) is 30.7 Å². The first-order chi connectivity index (χ1) is 9.38. The number of nitrogens with two attached hydrogens (primary N) is 1. The van der Waals surface area contributed by atoms with Crippen LogP contribution >= 0.6 is 0 Å². The predicted molar refractivity (Wildman–Crippen MR) is 72.1 cm³/mol. The van der Waals surface area contributed by atoms with Gasteiger partial charge in [-0.15, -0.1) is 0 Å². The number of nitrogens with one attached hydrogen (secondary N) is 1.